The van der Waals surface area contributed by atoms with E-state index in [2.05, 4.69) is 20.8 Å². The Labute approximate surface area is 91.4 Å². The molecule has 0 N–H and O–H groups in total. The van der Waals surface area contributed by atoms with Gasteiger partial charge in [-0.25, -0.2) is 0 Å². The molecular formula is C11H21NOS. The van der Waals surface area contributed by atoms with Gasteiger partial charge in [0.15, 0.2) is 0 Å². The number of rotatable bonds is 3. The first-order valence-electron chi connectivity index (χ1n) is 5.41. The summed E-state index contributed by atoms with van der Waals surface area (Å²) in [5.41, 5.74) is 0.168. The largest absolute Gasteiger partial charge is 0.341 e. The molecule has 0 saturated carbocycles. The summed E-state index contributed by atoms with van der Waals surface area (Å²) in [5.74, 6) is 2.56. The maximum Gasteiger partial charge on any atom is 0.223 e. The number of thioether (sulfide) groups is 1. The number of amides is 1. The van der Waals surface area contributed by atoms with E-state index in [0.717, 1.165) is 31.0 Å². The molecule has 0 bridgehead atoms. The molecule has 0 spiro atoms. The van der Waals surface area contributed by atoms with E-state index in [1.54, 1.807) is 0 Å². The highest BCUT2D eigenvalue weighted by molar-refractivity contribution is 7.99. The predicted octanol–water partition coefficient (Wildman–Crippen LogP) is 2.39. The third-order valence-corrected chi connectivity index (χ3v) is 3.89. The van der Waals surface area contributed by atoms with Gasteiger partial charge in [0.2, 0.25) is 5.91 Å². The van der Waals surface area contributed by atoms with Crippen LogP contribution in [-0.2, 0) is 4.79 Å². The van der Waals surface area contributed by atoms with E-state index in [0.29, 0.717) is 12.3 Å². The molecule has 14 heavy (non-hydrogen) atoms. The molecule has 0 unspecified atom stereocenters. The zero-order valence-electron chi connectivity index (χ0n) is 9.51. The molecule has 0 aliphatic carbocycles. The van der Waals surface area contributed by atoms with Crippen LogP contribution in [-0.4, -0.2) is 35.4 Å². The molecule has 1 aliphatic rings. The number of hydrogen-bond acceptors (Lipinski definition) is 2. The lowest BCUT2D eigenvalue weighted by Gasteiger charge is -2.30. The fourth-order valence-corrected chi connectivity index (χ4v) is 2.36. The second-order valence-corrected chi connectivity index (χ2v) is 5.91. The van der Waals surface area contributed by atoms with Crippen LogP contribution in [0.15, 0.2) is 0 Å². The van der Waals surface area contributed by atoms with E-state index in [9.17, 15) is 4.79 Å². The first kappa shape index (κ1) is 11.9. The molecule has 1 heterocycles. The van der Waals surface area contributed by atoms with Crippen LogP contribution in [0.4, 0.5) is 0 Å². The van der Waals surface area contributed by atoms with Crippen molar-refractivity contribution in [2.24, 2.45) is 5.41 Å². The monoisotopic (exact) mass is 215 g/mol. The number of carbonyl (C=O) groups is 1. The quantitative estimate of drug-likeness (QED) is 0.720. The second-order valence-electron chi connectivity index (χ2n) is 4.69. The number of nitrogens with zero attached hydrogens (tertiary/aromatic N) is 1. The first-order chi connectivity index (χ1) is 6.55. The number of hydrogen-bond donors (Lipinski definition) is 0. The summed E-state index contributed by atoms with van der Waals surface area (Å²) >= 11 is 1.95. The van der Waals surface area contributed by atoms with Crippen molar-refractivity contribution in [1.82, 2.24) is 4.90 Å². The smallest absolute Gasteiger partial charge is 0.223 e. The van der Waals surface area contributed by atoms with Crippen molar-refractivity contribution in [1.29, 1.82) is 0 Å². The molecule has 1 saturated heterocycles. The van der Waals surface area contributed by atoms with Crippen LogP contribution >= 0.6 is 11.8 Å². The minimum absolute atomic E-state index is 0.168. The van der Waals surface area contributed by atoms with Crippen LogP contribution < -0.4 is 0 Å². The lowest BCUT2D eigenvalue weighted by atomic mass is 9.86. The van der Waals surface area contributed by atoms with Gasteiger partial charge < -0.3 is 4.90 Å². The summed E-state index contributed by atoms with van der Waals surface area (Å²) in [4.78, 5) is 13.9. The standard InChI is InChI=1S/C11H21NOS/c1-4-11(2,3)9-10(13)12-5-7-14-8-6-12/h4-9H2,1-3H3. The van der Waals surface area contributed by atoms with Gasteiger partial charge in [-0.2, -0.15) is 11.8 Å². The van der Waals surface area contributed by atoms with E-state index >= 15 is 0 Å². The lowest BCUT2D eigenvalue weighted by Crippen LogP contribution is -2.39. The molecule has 1 amide bonds. The summed E-state index contributed by atoms with van der Waals surface area (Å²) in [5, 5.41) is 0. The Balaban J connectivity index is 2.40. The highest BCUT2D eigenvalue weighted by Gasteiger charge is 2.24. The Hall–Kier alpha value is -0.180. The van der Waals surface area contributed by atoms with Crippen LogP contribution in [0.3, 0.4) is 0 Å². The predicted molar refractivity (Wildman–Crippen MR) is 62.6 cm³/mol. The van der Waals surface area contributed by atoms with Crippen LogP contribution in [0.1, 0.15) is 33.6 Å². The third-order valence-electron chi connectivity index (χ3n) is 2.95. The number of carbonyl (C=O) groups excluding carboxylic acids is 1. The first-order valence-corrected chi connectivity index (χ1v) is 6.56. The summed E-state index contributed by atoms with van der Waals surface area (Å²) in [6.45, 7) is 8.39. The Morgan fingerprint density at radius 3 is 2.43 bits per heavy atom. The molecule has 0 radical (unpaired) electrons. The molecule has 1 fully saturated rings. The SMILES string of the molecule is CCC(C)(C)CC(=O)N1CCSCC1. The van der Waals surface area contributed by atoms with Crippen molar-refractivity contribution in [3.05, 3.63) is 0 Å². The van der Waals surface area contributed by atoms with Crippen molar-refractivity contribution in [3.8, 4) is 0 Å². The van der Waals surface area contributed by atoms with Gasteiger partial charge in [-0.1, -0.05) is 27.2 Å². The zero-order chi connectivity index (χ0) is 10.6. The van der Waals surface area contributed by atoms with Gasteiger partial charge in [-0.3, -0.25) is 4.79 Å². The normalized spacial score (nSPS) is 18.4. The highest BCUT2D eigenvalue weighted by Crippen LogP contribution is 2.25. The summed E-state index contributed by atoms with van der Waals surface area (Å²) in [7, 11) is 0. The molecule has 0 atom stereocenters. The van der Waals surface area contributed by atoms with E-state index < -0.39 is 0 Å². The van der Waals surface area contributed by atoms with Crippen molar-refractivity contribution in [2.45, 2.75) is 33.6 Å². The molecule has 0 aromatic carbocycles. The van der Waals surface area contributed by atoms with Crippen molar-refractivity contribution in [2.75, 3.05) is 24.6 Å². The minimum Gasteiger partial charge on any atom is -0.341 e. The van der Waals surface area contributed by atoms with Crippen molar-refractivity contribution < 1.29 is 4.79 Å². The zero-order valence-corrected chi connectivity index (χ0v) is 10.3. The molecule has 3 heteroatoms. The molecule has 82 valence electrons. The lowest BCUT2D eigenvalue weighted by molar-refractivity contribution is -0.133. The maximum absolute atomic E-state index is 11.9. The van der Waals surface area contributed by atoms with E-state index in [1.165, 1.54) is 0 Å². The topological polar surface area (TPSA) is 20.3 Å². The van der Waals surface area contributed by atoms with E-state index in [1.807, 2.05) is 16.7 Å². The van der Waals surface area contributed by atoms with Gasteiger partial charge in [-0.15, -0.1) is 0 Å². The average molecular weight is 215 g/mol. The van der Waals surface area contributed by atoms with Crippen LogP contribution in [0.25, 0.3) is 0 Å². The molecule has 2 nitrogen and oxygen atoms in total. The molecule has 1 rings (SSSR count). The second kappa shape index (κ2) is 5.06. The van der Waals surface area contributed by atoms with Gasteiger partial charge in [0.05, 0.1) is 0 Å². The van der Waals surface area contributed by atoms with E-state index in [-0.39, 0.29) is 5.41 Å². The van der Waals surface area contributed by atoms with Crippen LogP contribution in [0, 0.1) is 5.41 Å². The molecule has 0 aromatic heterocycles. The summed E-state index contributed by atoms with van der Waals surface area (Å²) in [6.07, 6.45) is 1.77. The van der Waals surface area contributed by atoms with Gasteiger partial charge in [0, 0.05) is 31.0 Å². The highest BCUT2D eigenvalue weighted by atomic mass is 32.2. The Morgan fingerprint density at radius 1 is 1.36 bits per heavy atom. The fourth-order valence-electron chi connectivity index (χ4n) is 1.46. The average Bonchev–Trinajstić information content (AvgIpc) is 2.19. The van der Waals surface area contributed by atoms with Gasteiger partial charge in [-0.05, 0) is 5.41 Å². The van der Waals surface area contributed by atoms with Crippen molar-refractivity contribution in [3.63, 3.8) is 0 Å². The van der Waals surface area contributed by atoms with Gasteiger partial charge in [0.1, 0.15) is 0 Å². The third kappa shape index (κ3) is 3.52. The Kier molecular flexibility index (Phi) is 4.30. The minimum atomic E-state index is 0.168. The van der Waals surface area contributed by atoms with Crippen LogP contribution in [0.2, 0.25) is 0 Å². The van der Waals surface area contributed by atoms with Crippen molar-refractivity contribution >= 4 is 17.7 Å². The summed E-state index contributed by atoms with van der Waals surface area (Å²) < 4.78 is 0. The molecule has 0 aromatic rings. The Morgan fingerprint density at radius 2 is 1.93 bits per heavy atom. The molecular weight excluding hydrogens is 194 g/mol. The van der Waals surface area contributed by atoms with Gasteiger partial charge in [0.25, 0.3) is 0 Å². The van der Waals surface area contributed by atoms with Crippen LogP contribution in [0.5, 0.6) is 0 Å². The van der Waals surface area contributed by atoms with E-state index in [4.69, 9.17) is 0 Å². The van der Waals surface area contributed by atoms with Gasteiger partial charge >= 0.3 is 0 Å². The maximum atomic E-state index is 11.9. The summed E-state index contributed by atoms with van der Waals surface area (Å²) in [6, 6.07) is 0. The molecule has 1 aliphatic heterocycles. The Bertz CT molecular complexity index is 197. The fraction of sp³-hybridized carbons (Fsp3) is 0.909.